The summed E-state index contributed by atoms with van der Waals surface area (Å²) >= 11 is 0. The zero-order chi connectivity index (χ0) is 17.5. The predicted molar refractivity (Wildman–Crippen MR) is 89.8 cm³/mol. The molecule has 0 saturated heterocycles. The third-order valence-electron chi connectivity index (χ3n) is 3.68. The van der Waals surface area contributed by atoms with Crippen molar-refractivity contribution in [3.8, 4) is 0 Å². The van der Waals surface area contributed by atoms with E-state index in [9.17, 15) is 14.3 Å². The number of aliphatic hydroxyl groups excluding tert-OH is 1. The molecule has 0 aromatic heterocycles. The van der Waals surface area contributed by atoms with Gasteiger partial charge in [-0.1, -0.05) is 42.5 Å². The first-order chi connectivity index (χ1) is 11.5. The maximum Gasteiger partial charge on any atom is 0.340 e. The lowest BCUT2D eigenvalue weighted by atomic mass is 10.1. The normalized spacial score (nSPS) is 13.5. The number of esters is 1. The first kappa shape index (κ1) is 18.1. The van der Waals surface area contributed by atoms with E-state index < -0.39 is 18.2 Å². The number of ether oxygens (including phenoxy) is 1. The third-order valence-corrected chi connectivity index (χ3v) is 3.68. The Morgan fingerprint density at radius 3 is 2.29 bits per heavy atom. The minimum absolute atomic E-state index is 0.347. The van der Waals surface area contributed by atoms with Crippen LogP contribution >= 0.6 is 0 Å². The maximum atomic E-state index is 13.1. The second-order valence-corrected chi connectivity index (χ2v) is 5.88. The summed E-state index contributed by atoms with van der Waals surface area (Å²) in [7, 11) is 3.84. The highest BCUT2D eigenvalue weighted by Gasteiger charge is 2.24. The van der Waals surface area contributed by atoms with Gasteiger partial charge in [-0.15, -0.1) is 0 Å². The van der Waals surface area contributed by atoms with Gasteiger partial charge in [-0.25, -0.2) is 9.18 Å². The van der Waals surface area contributed by atoms with E-state index in [1.807, 2.05) is 19.0 Å². The van der Waals surface area contributed by atoms with Crippen molar-refractivity contribution < 1.29 is 19.0 Å². The lowest BCUT2D eigenvalue weighted by molar-refractivity contribution is -0.160. The molecule has 2 aromatic rings. The van der Waals surface area contributed by atoms with Crippen LogP contribution in [0, 0.1) is 5.82 Å². The van der Waals surface area contributed by atoms with Gasteiger partial charge in [-0.05, 0) is 37.4 Å². The summed E-state index contributed by atoms with van der Waals surface area (Å²) in [4.78, 5) is 14.2. The van der Waals surface area contributed by atoms with Gasteiger partial charge in [0.15, 0.2) is 6.10 Å². The quantitative estimate of drug-likeness (QED) is 0.792. The molecule has 0 bridgehead atoms. The molecular formula is C19H22FNO3. The zero-order valence-electron chi connectivity index (χ0n) is 13.9. The smallest absolute Gasteiger partial charge is 0.340 e. The molecule has 128 valence electrons. The Bertz CT molecular complexity index is 643. The van der Waals surface area contributed by atoms with Crippen molar-refractivity contribution in [2.24, 2.45) is 0 Å². The Morgan fingerprint density at radius 1 is 1.08 bits per heavy atom. The van der Waals surface area contributed by atoms with Crippen molar-refractivity contribution in [1.82, 2.24) is 4.90 Å². The Kier molecular flexibility index (Phi) is 6.46. The van der Waals surface area contributed by atoms with Crippen LogP contribution in [-0.4, -0.2) is 36.6 Å². The summed E-state index contributed by atoms with van der Waals surface area (Å²) in [6.07, 6.45) is -1.33. The molecule has 0 aliphatic carbocycles. The molecule has 2 rings (SSSR count). The van der Waals surface area contributed by atoms with Gasteiger partial charge in [0.2, 0.25) is 0 Å². The van der Waals surface area contributed by atoms with Gasteiger partial charge in [-0.2, -0.15) is 0 Å². The molecule has 0 spiro atoms. The molecule has 0 saturated carbocycles. The van der Waals surface area contributed by atoms with E-state index in [4.69, 9.17) is 4.74 Å². The average molecular weight is 331 g/mol. The van der Waals surface area contributed by atoms with Crippen molar-refractivity contribution in [2.45, 2.75) is 18.6 Å². The van der Waals surface area contributed by atoms with E-state index in [0.717, 1.165) is 0 Å². The number of hydrogen-bond donors (Lipinski definition) is 1. The molecule has 5 heteroatoms. The largest absolute Gasteiger partial charge is 0.455 e. The first-order valence-corrected chi connectivity index (χ1v) is 7.81. The van der Waals surface area contributed by atoms with Gasteiger partial charge in [0.25, 0.3) is 0 Å². The highest BCUT2D eigenvalue weighted by Crippen LogP contribution is 2.25. The maximum absolute atomic E-state index is 13.1. The number of rotatable bonds is 7. The lowest BCUT2D eigenvalue weighted by Crippen LogP contribution is -2.22. The Labute approximate surface area is 141 Å². The molecule has 24 heavy (non-hydrogen) atoms. The highest BCUT2D eigenvalue weighted by atomic mass is 19.1. The van der Waals surface area contributed by atoms with Crippen molar-refractivity contribution in [1.29, 1.82) is 0 Å². The Morgan fingerprint density at radius 2 is 1.71 bits per heavy atom. The molecule has 0 radical (unpaired) electrons. The van der Waals surface area contributed by atoms with Crippen LogP contribution in [0.5, 0.6) is 0 Å². The second-order valence-electron chi connectivity index (χ2n) is 5.88. The van der Waals surface area contributed by atoms with Crippen LogP contribution in [0.2, 0.25) is 0 Å². The minimum Gasteiger partial charge on any atom is -0.455 e. The molecule has 0 aliphatic heterocycles. The van der Waals surface area contributed by atoms with Crippen molar-refractivity contribution in [3.63, 3.8) is 0 Å². The SMILES string of the molecule is CN(C)CC[C@@H](OC(=O)[C@H](O)c1ccccc1)c1ccc(F)cc1. The van der Waals surface area contributed by atoms with Gasteiger partial charge < -0.3 is 14.7 Å². The number of nitrogens with zero attached hydrogens (tertiary/aromatic N) is 1. The van der Waals surface area contributed by atoms with Crippen LogP contribution in [0.3, 0.4) is 0 Å². The fraction of sp³-hybridized carbons (Fsp3) is 0.316. The van der Waals surface area contributed by atoms with E-state index >= 15 is 0 Å². The van der Waals surface area contributed by atoms with Crippen molar-refractivity contribution in [3.05, 3.63) is 71.5 Å². The summed E-state index contributed by atoms with van der Waals surface area (Å²) < 4.78 is 18.6. The molecule has 0 amide bonds. The molecule has 1 N–H and O–H groups in total. The Balaban J connectivity index is 2.11. The van der Waals surface area contributed by atoms with Gasteiger partial charge in [0.1, 0.15) is 11.9 Å². The summed E-state index contributed by atoms with van der Waals surface area (Å²) in [6.45, 7) is 0.691. The van der Waals surface area contributed by atoms with Gasteiger partial charge >= 0.3 is 5.97 Å². The van der Waals surface area contributed by atoms with Crippen LogP contribution in [0.1, 0.15) is 29.8 Å². The van der Waals surface area contributed by atoms with Crippen LogP contribution in [0.25, 0.3) is 0 Å². The third kappa shape index (κ3) is 5.15. The van der Waals surface area contributed by atoms with Crippen LogP contribution in [0.15, 0.2) is 54.6 Å². The summed E-state index contributed by atoms with van der Waals surface area (Å²) in [6, 6.07) is 14.5. The second kappa shape index (κ2) is 8.57. The van der Waals surface area contributed by atoms with Crippen LogP contribution in [-0.2, 0) is 9.53 Å². The van der Waals surface area contributed by atoms with Gasteiger partial charge in [0.05, 0.1) is 0 Å². The number of aliphatic hydroxyl groups is 1. The average Bonchev–Trinajstić information content (AvgIpc) is 2.59. The van der Waals surface area contributed by atoms with E-state index in [1.54, 1.807) is 42.5 Å². The van der Waals surface area contributed by atoms with Crippen LogP contribution in [0.4, 0.5) is 4.39 Å². The monoisotopic (exact) mass is 331 g/mol. The van der Waals surface area contributed by atoms with E-state index in [-0.39, 0.29) is 5.82 Å². The number of carbonyl (C=O) groups is 1. The van der Waals surface area contributed by atoms with E-state index in [1.165, 1.54) is 12.1 Å². The molecule has 4 nitrogen and oxygen atoms in total. The van der Waals surface area contributed by atoms with E-state index in [0.29, 0.717) is 24.1 Å². The number of halogens is 1. The van der Waals surface area contributed by atoms with Crippen molar-refractivity contribution >= 4 is 5.97 Å². The van der Waals surface area contributed by atoms with E-state index in [2.05, 4.69) is 0 Å². The topological polar surface area (TPSA) is 49.8 Å². The standard InChI is InChI=1S/C19H22FNO3/c1-21(2)13-12-17(14-8-10-16(20)11-9-14)24-19(23)18(22)15-6-4-3-5-7-15/h3-11,17-18,22H,12-13H2,1-2H3/t17-,18-/m1/s1. The molecular weight excluding hydrogens is 309 g/mol. The molecule has 0 unspecified atom stereocenters. The fourth-order valence-corrected chi connectivity index (χ4v) is 2.32. The number of hydrogen-bond acceptors (Lipinski definition) is 4. The molecule has 0 heterocycles. The molecule has 0 aliphatic rings. The van der Waals surface area contributed by atoms with Crippen molar-refractivity contribution in [2.75, 3.05) is 20.6 Å². The molecule has 0 fully saturated rings. The Hall–Kier alpha value is -2.24. The fourth-order valence-electron chi connectivity index (χ4n) is 2.32. The van der Waals surface area contributed by atoms with Gasteiger partial charge in [-0.3, -0.25) is 0 Å². The molecule has 2 atom stereocenters. The summed E-state index contributed by atoms with van der Waals surface area (Å²) in [5, 5.41) is 10.2. The first-order valence-electron chi connectivity index (χ1n) is 7.81. The number of benzene rings is 2. The highest BCUT2D eigenvalue weighted by molar-refractivity contribution is 5.76. The summed E-state index contributed by atoms with van der Waals surface area (Å²) in [5.74, 6) is -1.06. The summed E-state index contributed by atoms with van der Waals surface area (Å²) in [5.41, 5.74) is 1.18. The molecule has 2 aromatic carbocycles. The predicted octanol–water partition coefficient (Wildman–Crippen LogP) is 3.10. The zero-order valence-corrected chi connectivity index (χ0v) is 13.9. The number of carbonyl (C=O) groups excluding carboxylic acids is 1. The minimum atomic E-state index is -1.34. The van der Waals surface area contributed by atoms with Gasteiger partial charge in [0, 0.05) is 13.0 Å². The lowest BCUT2D eigenvalue weighted by Gasteiger charge is -2.22. The van der Waals surface area contributed by atoms with Crippen LogP contribution < -0.4 is 0 Å².